The Kier molecular flexibility index (Phi) is 7.22. The predicted octanol–water partition coefficient (Wildman–Crippen LogP) is 5.77. The molecule has 6 bridgehead atoms. The Balaban J connectivity index is 1.35. The third kappa shape index (κ3) is 6.50. The van der Waals surface area contributed by atoms with Gasteiger partial charge in [0.15, 0.2) is 5.82 Å². The van der Waals surface area contributed by atoms with Crippen molar-refractivity contribution < 1.29 is 9.53 Å². The van der Waals surface area contributed by atoms with Crippen LogP contribution in [0.2, 0.25) is 5.02 Å². The predicted molar refractivity (Wildman–Crippen MR) is 147 cm³/mol. The molecule has 2 aliphatic heterocycles. The van der Waals surface area contributed by atoms with E-state index in [-0.39, 0.29) is 6.09 Å². The first-order valence-corrected chi connectivity index (χ1v) is 13.1. The van der Waals surface area contributed by atoms with Crippen LogP contribution in [0.25, 0.3) is 0 Å². The number of aromatic nitrogens is 2. The molecule has 0 saturated carbocycles. The Morgan fingerprint density at radius 1 is 1.03 bits per heavy atom. The van der Waals surface area contributed by atoms with Crippen LogP contribution in [-0.4, -0.2) is 57.6 Å². The van der Waals surface area contributed by atoms with E-state index in [0.717, 1.165) is 43.9 Å². The fourth-order valence-electron chi connectivity index (χ4n) is 4.61. The van der Waals surface area contributed by atoms with E-state index >= 15 is 0 Å². The number of nitrogens with zero attached hydrogens (tertiary/aromatic N) is 4. The van der Waals surface area contributed by atoms with Gasteiger partial charge in [0.1, 0.15) is 10.6 Å². The fourth-order valence-corrected chi connectivity index (χ4v) is 4.75. The number of hydrogen-bond donors (Lipinski definition) is 2. The average Bonchev–Trinajstić information content (AvgIpc) is 2.86. The van der Waals surface area contributed by atoms with Crippen LogP contribution in [0.15, 0.2) is 48.7 Å². The highest BCUT2D eigenvalue weighted by Gasteiger charge is 2.26. The number of ether oxygens (including phenoxy) is 1. The first-order valence-electron chi connectivity index (χ1n) is 12.7. The molecule has 194 valence electrons. The first-order chi connectivity index (χ1) is 17.7. The van der Waals surface area contributed by atoms with Crippen molar-refractivity contribution in [2.45, 2.75) is 45.8 Å². The number of anilines is 4. The van der Waals surface area contributed by atoms with Gasteiger partial charge in [-0.3, -0.25) is 4.90 Å². The Hall–Kier alpha value is -3.36. The van der Waals surface area contributed by atoms with Crippen LogP contribution in [0.3, 0.4) is 0 Å². The van der Waals surface area contributed by atoms with Gasteiger partial charge in [0, 0.05) is 44.1 Å². The lowest BCUT2D eigenvalue weighted by molar-refractivity contribution is 0.0139. The lowest BCUT2D eigenvalue weighted by Gasteiger charge is -2.36. The molecule has 1 amide bonds. The van der Waals surface area contributed by atoms with E-state index in [1.807, 2.05) is 32.9 Å². The van der Waals surface area contributed by atoms with Crippen molar-refractivity contribution in [2.75, 3.05) is 36.8 Å². The van der Waals surface area contributed by atoms with Gasteiger partial charge in [-0.05, 0) is 74.6 Å². The fraction of sp³-hybridized carbons (Fsp3) is 0.393. The molecule has 0 aliphatic carbocycles. The van der Waals surface area contributed by atoms with Gasteiger partial charge >= 0.3 is 6.09 Å². The second-order valence-electron chi connectivity index (χ2n) is 10.6. The van der Waals surface area contributed by atoms with Gasteiger partial charge in [-0.2, -0.15) is 4.98 Å². The number of halogens is 1. The molecule has 9 heteroatoms. The summed E-state index contributed by atoms with van der Waals surface area (Å²) in [5, 5.41) is 7.11. The van der Waals surface area contributed by atoms with Gasteiger partial charge < -0.3 is 20.3 Å². The molecule has 2 aromatic carbocycles. The minimum atomic E-state index is -0.481. The van der Waals surface area contributed by atoms with Crippen molar-refractivity contribution in [2.24, 2.45) is 0 Å². The van der Waals surface area contributed by atoms with Crippen LogP contribution in [-0.2, 0) is 24.1 Å². The van der Waals surface area contributed by atoms with Crippen molar-refractivity contribution >= 4 is 40.8 Å². The van der Waals surface area contributed by atoms with Gasteiger partial charge in [-0.15, -0.1) is 0 Å². The quantitative estimate of drug-likeness (QED) is 0.444. The molecule has 37 heavy (non-hydrogen) atoms. The number of hydrogen-bond acceptors (Lipinski definition) is 7. The van der Waals surface area contributed by atoms with Gasteiger partial charge in [-0.1, -0.05) is 29.8 Å². The average molecular weight is 521 g/mol. The van der Waals surface area contributed by atoms with Crippen LogP contribution in [0.4, 0.5) is 27.9 Å². The van der Waals surface area contributed by atoms with E-state index in [2.05, 4.69) is 55.8 Å². The van der Waals surface area contributed by atoms with Crippen molar-refractivity contribution in [3.05, 3.63) is 70.4 Å². The first kappa shape index (κ1) is 25.3. The lowest BCUT2D eigenvalue weighted by Crippen LogP contribution is -2.49. The third-order valence-corrected chi connectivity index (χ3v) is 6.77. The van der Waals surface area contributed by atoms with Crippen molar-refractivity contribution in [1.29, 1.82) is 0 Å². The minimum Gasteiger partial charge on any atom is -0.444 e. The SMILES string of the molecule is CC(C)(C)OC(=O)N1CCN(Cc2ccc3cc2CCc2cccc(c2)Nc2ncc(Cl)c(n2)N3)CC1. The summed E-state index contributed by atoms with van der Waals surface area (Å²) >= 11 is 6.40. The summed E-state index contributed by atoms with van der Waals surface area (Å²) in [6.45, 7) is 9.48. The summed E-state index contributed by atoms with van der Waals surface area (Å²) < 4.78 is 5.54. The largest absolute Gasteiger partial charge is 0.444 e. The van der Waals surface area contributed by atoms with E-state index in [4.69, 9.17) is 16.3 Å². The van der Waals surface area contributed by atoms with Gasteiger partial charge in [0.2, 0.25) is 5.95 Å². The number of piperazine rings is 1. The minimum absolute atomic E-state index is 0.233. The van der Waals surface area contributed by atoms with Crippen molar-refractivity contribution in [3.8, 4) is 0 Å². The summed E-state index contributed by atoms with van der Waals surface area (Å²) in [7, 11) is 0. The molecule has 1 aromatic heterocycles. The van der Waals surface area contributed by atoms with Crippen molar-refractivity contribution in [3.63, 3.8) is 0 Å². The number of aryl methyl sites for hydroxylation is 2. The molecule has 3 aromatic rings. The summed E-state index contributed by atoms with van der Waals surface area (Å²) in [6, 6.07) is 14.8. The zero-order valence-corrected chi connectivity index (χ0v) is 22.3. The third-order valence-electron chi connectivity index (χ3n) is 6.50. The Morgan fingerprint density at radius 2 is 1.81 bits per heavy atom. The highest BCUT2D eigenvalue weighted by molar-refractivity contribution is 6.32. The molecule has 0 spiro atoms. The zero-order chi connectivity index (χ0) is 26.0. The van der Waals surface area contributed by atoms with E-state index in [9.17, 15) is 4.79 Å². The van der Waals surface area contributed by atoms with E-state index in [1.54, 1.807) is 11.1 Å². The highest BCUT2D eigenvalue weighted by Crippen LogP contribution is 2.28. The highest BCUT2D eigenvalue weighted by atomic mass is 35.5. The smallest absolute Gasteiger partial charge is 0.410 e. The number of rotatable bonds is 2. The molecule has 1 fully saturated rings. The van der Waals surface area contributed by atoms with Crippen LogP contribution in [0, 0.1) is 0 Å². The van der Waals surface area contributed by atoms with Gasteiger partial charge in [0.25, 0.3) is 0 Å². The molecule has 0 radical (unpaired) electrons. The number of nitrogens with one attached hydrogen (secondary N) is 2. The second-order valence-corrected chi connectivity index (χ2v) is 11.0. The zero-order valence-electron chi connectivity index (χ0n) is 21.6. The van der Waals surface area contributed by atoms with Crippen LogP contribution >= 0.6 is 11.6 Å². The van der Waals surface area contributed by atoms with E-state index in [1.165, 1.54) is 16.7 Å². The number of carbonyl (C=O) groups is 1. The molecule has 5 rings (SSSR count). The Labute approximate surface area is 223 Å². The molecule has 1 saturated heterocycles. The Morgan fingerprint density at radius 3 is 2.59 bits per heavy atom. The standard InChI is InChI=1S/C28H33ClN6O2/c1-28(2,3)37-27(36)35-13-11-34(12-14-35)18-21-9-10-23-16-20(21)8-7-19-5-4-6-22(15-19)32-26-30-17-24(29)25(31-23)33-26/h4-6,9-10,15-17H,7-8,11-14,18H2,1-3H3,(H2,30,31,32,33). The Bertz CT molecular complexity index is 1280. The van der Waals surface area contributed by atoms with Gasteiger partial charge in [-0.25, -0.2) is 9.78 Å². The molecule has 0 atom stereocenters. The maximum Gasteiger partial charge on any atom is 0.410 e. The summed E-state index contributed by atoms with van der Waals surface area (Å²) in [6.07, 6.45) is 3.19. The molecule has 0 unspecified atom stereocenters. The topological polar surface area (TPSA) is 82.6 Å². The van der Waals surface area contributed by atoms with E-state index in [0.29, 0.717) is 29.9 Å². The van der Waals surface area contributed by atoms with E-state index < -0.39 is 5.60 Å². The van der Waals surface area contributed by atoms with Crippen LogP contribution < -0.4 is 10.6 Å². The number of benzene rings is 2. The molecule has 2 aliphatic rings. The monoisotopic (exact) mass is 520 g/mol. The lowest BCUT2D eigenvalue weighted by atomic mass is 9.98. The van der Waals surface area contributed by atoms with Crippen LogP contribution in [0.1, 0.15) is 37.5 Å². The molecule has 3 heterocycles. The van der Waals surface area contributed by atoms with Crippen molar-refractivity contribution in [1.82, 2.24) is 19.8 Å². The number of fused-ring (bicyclic) bond motifs is 6. The normalized spacial score (nSPS) is 15.9. The molecular weight excluding hydrogens is 488 g/mol. The second kappa shape index (κ2) is 10.6. The summed E-state index contributed by atoms with van der Waals surface area (Å²) in [4.78, 5) is 25.6. The van der Waals surface area contributed by atoms with Gasteiger partial charge in [0.05, 0.1) is 6.20 Å². The molecular formula is C28H33ClN6O2. The summed E-state index contributed by atoms with van der Waals surface area (Å²) in [5.74, 6) is 1.05. The maximum atomic E-state index is 12.4. The number of amides is 1. The summed E-state index contributed by atoms with van der Waals surface area (Å²) in [5.41, 5.74) is 5.21. The maximum absolute atomic E-state index is 12.4. The molecule has 8 nitrogen and oxygen atoms in total. The van der Waals surface area contributed by atoms with Crippen LogP contribution in [0.5, 0.6) is 0 Å². The molecule has 2 N–H and O–H groups in total. The number of carbonyl (C=O) groups excluding carboxylic acids is 1.